The molecule has 4 heteroatoms. The van der Waals surface area contributed by atoms with Crippen molar-refractivity contribution in [3.05, 3.63) is 240 Å². The summed E-state index contributed by atoms with van der Waals surface area (Å²) in [7, 11) is -2.86. The van der Waals surface area contributed by atoms with Crippen LogP contribution < -0.4 is 30.3 Å². The fourth-order valence-corrected chi connectivity index (χ4v) is 14.7. The first-order valence-corrected chi connectivity index (χ1v) is 30.9. The largest absolute Gasteiger partial charge is 0.463 e. The molecule has 0 unspecified atom stereocenters. The van der Waals surface area contributed by atoms with Gasteiger partial charge in [0, 0.05) is 43.5 Å². The summed E-state index contributed by atoms with van der Waals surface area (Å²) in [6, 6.07) is 76.5. The summed E-state index contributed by atoms with van der Waals surface area (Å²) in [6.07, 6.45) is 0. The highest BCUT2D eigenvalue weighted by Crippen LogP contribution is 2.59. The van der Waals surface area contributed by atoms with Crippen molar-refractivity contribution in [1.29, 1.82) is 0 Å². The van der Waals surface area contributed by atoms with Crippen LogP contribution in [0.25, 0.3) is 54.9 Å². The van der Waals surface area contributed by atoms with Gasteiger partial charge >= 0.3 is 0 Å². The van der Waals surface area contributed by atoms with E-state index < -0.39 is 16.3 Å². The van der Waals surface area contributed by atoms with E-state index in [0.717, 1.165) is 76.5 Å². The number of benzene rings is 10. The Kier molecular flexibility index (Phi) is 16.5. The van der Waals surface area contributed by atoms with Gasteiger partial charge in [-0.3, -0.25) is 0 Å². The molecule has 0 bridgehead atoms. The summed E-state index contributed by atoms with van der Waals surface area (Å²) >= 11 is 0. The molecule has 0 fully saturated rings. The van der Waals surface area contributed by atoms with E-state index in [0.29, 0.717) is 11.8 Å². The maximum absolute atomic E-state index is 8.32. The van der Waals surface area contributed by atoms with Crippen molar-refractivity contribution >= 4 is 59.1 Å². The highest BCUT2D eigenvalue weighted by Gasteiger charge is 2.34. The highest BCUT2D eigenvalue weighted by atomic mass is 31.1. The van der Waals surface area contributed by atoms with Crippen LogP contribution in [-0.4, -0.2) is 0 Å². The first-order valence-electron chi connectivity index (χ1n) is 28.3. The molecule has 0 aromatic heterocycles. The lowest BCUT2D eigenvalue weighted by Crippen LogP contribution is -2.17. The Hall–Kier alpha value is -6.82. The molecule has 0 saturated heterocycles. The quantitative estimate of drug-likeness (QED) is 0.0846. The van der Waals surface area contributed by atoms with Crippen LogP contribution in [0.5, 0.6) is 11.5 Å². The van der Waals surface area contributed by atoms with Crippen LogP contribution in [0, 0.1) is 0 Å². The van der Waals surface area contributed by atoms with Crippen LogP contribution in [-0.2, 0) is 0 Å². The molecular formula is C74H76O2P2. The molecule has 0 radical (unpaired) electrons. The van der Waals surface area contributed by atoms with Gasteiger partial charge in [0.05, 0.1) is 0 Å². The van der Waals surface area contributed by atoms with Crippen LogP contribution in [0.2, 0.25) is 0 Å². The van der Waals surface area contributed by atoms with Crippen LogP contribution in [0.3, 0.4) is 0 Å². The summed E-state index contributed by atoms with van der Waals surface area (Å²) < 4.78 is 16.6. The molecule has 2 nitrogen and oxygen atoms in total. The van der Waals surface area contributed by atoms with Crippen LogP contribution in [0.15, 0.2) is 206 Å². The lowest BCUT2D eigenvalue weighted by Gasteiger charge is -2.31. The summed E-state index contributed by atoms with van der Waals surface area (Å²) in [5.74, 6) is 3.37. The maximum Gasteiger partial charge on any atom is 0.150 e. The topological polar surface area (TPSA) is 18.5 Å². The van der Waals surface area contributed by atoms with Crippen LogP contribution in [0.4, 0.5) is 0 Å². The predicted molar refractivity (Wildman–Crippen MR) is 342 cm³/mol. The third-order valence-corrected chi connectivity index (χ3v) is 19.2. The van der Waals surface area contributed by atoms with Crippen molar-refractivity contribution in [3.8, 4) is 44.9 Å². The molecule has 10 rings (SSSR count). The fraction of sp³-hybridized carbons (Fsp3) is 0.243. The number of hydrogen-bond acceptors (Lipinski definition) is 2. The Morgan fingerprint density at radius 2 is 0.526 bits per heavy atom. The number of rotatable bonds is 17. The van der Waals surface area contributed by atoms with Crippen molar-refractivity contribution in [1.82, 2.24) is 0 Å². The molecule has 0 saturated carbocycles. The average molecular weight is 1060 g/mol. The minimum atomic E-state index is -1.43. The third-order valence-electron chi connectivity index (χ3n) is 15.4. The maximum atomic E-state index is 8.32. The van der Waals surface area contributed by atoms with Gasteiger partial charge in [-0.15, -0.1) is 0 Å². The Labute approximate surface area is 468 Å². The van der Waals surface area contributed by atoms with E-state index in [-0.39, 0.29) is 23.7 Å². The molecule has 0 aliphatic rings. The van der Waals surface area contributed by atoms with Gasteiger partial charge in [0.25, 0.3) is 0 Å². The summed E-state index contributed by atoms with van der Waals surface area (Å²) in [6.45, 7) is 28.2. The molecule has 0 atom stereocenters. The smallest absolute Gasteiger partial charge is 0.150 e. The van der Waals surface area contributed by atoms with E-state index in [4.69, 9.17) is 9.05 Å². The van der Waals surface area contributed by atoms with Gasteiger partial charge in [-0.25, -0.2) is 0 Å². The second-order valence-corrected chi connectivity index (χ2v) is 26.5. The Morgan fingerprint density at radius 3 is 0.782 bits per heavy atom. The second-order valence-electron chi connectivity index (χ2n) is 22.9. The van der Waals surface area contributed by atoms with Gasteiger partial charge in [-0.1, -0.05) is 277 Å². The van der Waals surface area contributed by atoms with Crippen molar-refractivity contribution in [2.24, 2.45) is 0 Å². The average Bonchev–Trinajstić information content (AvgIpc) is 3.49. The molecule has 78 heavy (non-hydrogen) atoms. The van der Waals surface area contributed by atoms with Crippen LogP contribution >= 0.6 is 16.3 Å². The number of hydrogen-bond donors (Lipinski definition) is 0. The van der Waals surface area contributed by atoms with Crippen molar-refractivity contribution < 1.29 is 9.05 Å². The van der Waals surface area contributed by atoms with Gasteiger partial charge in [0.1, 0.15) is 11.5 Å². The molecule has 10 aromatic carbocycles. The number of fused-ring (bicyclic) bond motifs is 2. The van der Waals surface area contributed by atoms with Gasteiger partial charge in [-0.2, -0.15) is 0 Å². The lowest BCUT2D eigenvalue weighted by atomic mass is 9.78. The Balaban J connectivity index is 1.47. The lowest BCUT2D eigenvalue weighted by molar-refractivity contribution is 0.625. The molecule has 10 aromatic rings. The van der Waals surface area contributed by atoms with E-state index >= 15 is 0 Å². The van der Waals surface area contributed by atoms with Crippen LogP contribution in [0.1, 0.15) is 152 Å². The van der Waals surface area contributed by atoms with E-state index in [2.05, 4.69) is 289 Å². The normalized spacial score (nSPS) is 12.0. The van der Waals surface area contributed by atoms with Crippen molar-refractivity contribution in [2.75, 3.05) is 0 Å². The highest BCUT2D eigenvalue weighted by molar-refractivity contribution is 7.69. The zero-order valence-electron chi connectivity index (χ0n) is 47.8. The molecule has 0 aliphatic heterocycles. The Morgan fingerprint density at radius 1 is 0.269 bits per heavy atom. The van der Waals surface area contributed by atoms with E-state index in [1.165, 1.54) is 44.5 Å². The zero-order valence-corrected chi connectivity index (χ0v) is 49.6. The Bertz CT molecular complexity index is 3310. The molecule has 0 spiro atoms. The molecule has 0 aliphatic carbocycles. The first-order chi connectivity index (χ1) is 37.7. The minimum absolute atomic E-state index is 0.227. The molecule has 0 heterocycles. The zero-order chi connectivity index (χ0) is 54.8. The van der Waals surface area contributed by atoms with Gasteiger partial charge < -0.3 is 9.05 Å². The van der Waals surface area contributed by atoms with Gasteiger partial charge in [-0.05, 0) is 114 Å². The van der Waals surface area contributed by atoms with E-state index in [9.17, 15) is 0 Å². The summed E-state index contributed by atoms with van der Waals surface area (Å²) in [5.41, 5.74) is 14.9. The van der Waals surface area contributed by atoms with Crippen molar-refractivity contribution in [3.63, 3.8) is 0 Å². The molecular weight excluding hydrogens is 983 g/mol. The first kappa shape index (κ1) is 54.5. The second kappa shape index (κ2) is 23.6. The SMILES string of the molecule is CC(C)c1cc(C(C)C)c(-c2cc3ccccc3c(-c3c(OP(c4ccccc4)c4ccccc4)c(-c4c(C(C)C)cc(C(C)C)cc4C(C)C)cc4ccccc34)c2OP(c2ccccc2)c2ccccc2)c(C(C)C)c1. The standard InChI is InChI=1S/C74H76O2P2/c1-47(2)55-43-63(49(5)6)69(64(44-55)50(7)8)67-41-53-29-25-27-39-61(53)71(73(67)75-77(57-31-17-13-18-32-57)58-33-19-14-20-34-58)72-62-40-28-26-30-54(62)42-68(70-65(51(9)10)45-56(48(3)4)46-66(70)52(11)12)74(72)76-78(59-35-21-15-22-36-59)60-37-23-16-24-38-60/h13-52H,1-12H3. The van der Waals surface area contributed by atoms with E-state index in [1.807, 2.05) is 0 Å². The van der Waals surface area contributed by atoms with Gasteiger partial charge in [0.2, 0.25) is 0 Å². The van der Waals surface area contributed by atoms with Crippen molar-refractivity contribution in [2.45, 2.75) is 119 Å². The van der Waals surface area contributed by atoms with E-state index in [1.54, 1.807) is 0 Å². The molecule has 0 amide bonds. The summed E-state index contributed by atoms with van der Waals surface area (Å²) in [5, 5.41) is 9.11. The summed E-state index contributed by atoms with van der Waals surface area (Å²) in [4.78, 5) is 0. The fourth-order valence-electron chi connectivity index (χ4n) is 11.2. The minimum Gasteiger partial charge on any atom is -0.463 e. The third kappa shape index (κ3) is 11.0. The van der Waals surface area contributed by atoms with Gasteiger partial charge in [0.15, 0.2) is 16.3 Å². The predicted octanol–water partition coefficient (Wildman–Crippen LogP) is 20.6. The molecule has 394 valence electrons. The molecule has 0 N–H and O–H groups in total. The monoisotopic (exact) mass is 1060 g/mol.